The van der Waals surface area contributed by atoms with Gasteiger partial charge in [0.1, 0.15) is 0 Å². The summed E-state index contributed by atoms with van der Waals surface area (Å²) in [5.74, 6) is 0.364. The van der Waals surface area contributed by atoms with Crippen LogP contribution in [0.5, 0.6) is 0 Å². The van der Waals surface area contributed by atoms with Crippen LogP contribution in [-0.2, 0) is 15.8 Å². The largest absolute Gasteiger partial charge is 0.459 e. The Hall–Kier alpha value is -2.55. The predicted octanol–water partition coefficient (Wildman–Crippen LogP) is 4.04. The number of furan rings is 1. The van der Waals surface area contributed by atoms with Crippen LogP contribution in [0.1, 0.15) is 21.7 Å². The van der Waals surface area contributed by atoms with Gasteiger partial charge < -0.3 is 9.73 Å². The molecule has 0 atom stereocenters. The lowest BCUT2D eigenvalue weighted by Gasteiger charge is -2.10. The van der Waals surface area contributed by atoms with Gasteiger partial charge in [0, 0.05) is 21.9 Å². The Bertz CT molecular complexity index is 1080. The minimum atomic E-state index is -3.62. The number of nitrogens with one attached hydrogen (secondary N) is 2. The lowest BCUT2D eigenvalue weighted by atomic mass is 10.2. The van der Waals surface area contributed by atoms with Crippen molar-refractivity contribution in [3.05, 3.63) is 77.7 Å². The van der Waals surface area contributed by atoms with E-state index in [2.05, 4.69) is 10.0 Å². The highest BCUT2D eigenvalue weighted by Crippen LogP contribution is 2.26. The summed E-state index contributed by atoms with van der Waals surface area (Å²) in [4.78, 5) is 13.9. The van der Waals surface area contributed by atoms with Gasteiger partial charge in [-0.15, -0.1) is 11.8 Å². The summed E-state index contributed by atoms with van der Waals surface area (Å²) in [6, 6.07) is 16.4. The van der Waals surface area contributed by atoms with Crippen molar-refractivity contribution >= 4 is 33.4 Å². The molecule has 1 amide bonds. The van der Waals surface area contributed by atoms with Gasteiger partial charge in [0.05, 0.1) is 11.2 Å². The number of amides is 1. The molecule has 0 aliphatic rings. The van der Waals surface area contributed by atoms with Gasteiger partial charge in [0.25, 0.3) is 5.91 Å². The minimum absolute atomic E-state index is 0.118. The molecule has 2 N–H and O–H groups in total. The average molecular weight is 417 g/mol. The van der Waals surface area contributed by atoms with Gasteiger partial charge in [-0.05, 0) is 49.9 Å². The molecule has 0 fully saturated rings. The minimum Gasteiger partial charge on any atom is -0.459 e. The SMILES string of the molecule is CNS(=O)(=O)c1cc(NC(=O)c2occc2CSc2ccccc2)ccc1C. The van der Waals surface area contributed by atoms with Crippen LogP contribution in [0.4, 0.5) is 5.69 Å². The third-order valence-corrected chi connectivity index (χ3v) is 6.71. The molecule has 0 saturated carbocycles. The van der Waals surface area contributed by atoms with E-state index in [4.69, 9.17) is 4.42 Å². The molecule has 28 heavy (non-hydrogen) atoms. The Kier molecular flexibility index (Phi) is 6.23. The maximum Gasteiger partial charge on any atom is 0.291 e. The van der Waals surface area contributed by atoms with Gasteiger partial charge in [0.2, 0.25) is 10.0 Å². The molecule has 0 unspecified atom stereocenters. The number of anilines is 1. The van der Waals surface area contributed by atoms with Crippen LogP contribution >= 0.6 is 11.8 Å². The first-order chi connectivity index (χ1) is 13.4. The number of carbonyl (C=O) groups excluding carboxylic acids is 1. The lowest BCUT2D eigenvalue weighted by molar-refractivity contribution is 0.0995. The molecular weight excluding hydrogens is 396 g/mol. The van der Waals surface area contributed by atoms with Crippen molar-refractivity contribution in [2.24, 2.45) is 0 Å². The highest BCUT2D eigenvalue weighted by Gasteiger charge is 2.19. The first-order valence-corrected chi connectivity index (χ1v) is 11.0. The molecule has 0 aliphatic carbocycles. The van der Waals surface area contributed by atoms with E-state index in [9.17, 15) is 13.2 Å². The summed E-state index contributed by atoms with van der Waals surface area (Å²) in [7, 11) is -2.27. The molecule has 0 aliphatic heterocycles. The van der Waals surface area contributed by atoms with Crippen LogP contribution in [0.2, 0.25) is 0 Å². The third kappa shape index (κ3) is 4.64. The van der Waals surface area contributed by atoms with Crippen molar-refractivity contribution in [2.45, 2.75) is 22.5 Å². The quantitative estimate of drug-likeness (QED) is 0.568. The number of carbonyl (C=O) groups is 1. The van der Waals surface area contributed by atoms with E-state index in [1.54, 1.807) is 36.9 Å². The number of hydrogen-bond donors (Lipinski definition) is 2. The van der Waals surface area contributed by atoms with Crippen LogP contribution in [0.3, 0.4) is 0 Å². The third-order valence-electron chi connectivity index (χ3n) is 4.09. The molecule has 0 spiro atoms. The van der Waals surface area contributed by atoms with E-state index >= 15 is 0 Å². The maximum atomic E-state index is 12.6. The van der Waals surface area contributed by atoms with Crippen molar-refractivity contribution < 1.29 is 17.6 Å². The molecule has 146 valence electrons. The van der Waals surface area contributed by atoms with Crippen molar-refractivity contribution in [1.29, 1.82) is 0 Å². The van der Waals surface area contributed by atoms with E-state index in [-0.39, 0.29) is 10.7 Å². The van der Waals surface area contributed by atoms with Gasteiger partial charge in [0.15, 0.2) is 5.76 Å². The topological polar surface area (TPSA) is 88.4 Å². The van der Waals surface area contributed by atoms with E-state index in [0.29, 0.717) is 17.0 Å². The fraction of sp³-hybridized carbons (Fsp3) is 0.150. The van der Waals surface area contributed by atoms with Crippen LogP contribution in [-0.4, -0.2) is 21.4 Å². The number of rotatable bonds is 7. The monoisotopic (exact) mass is 416 g/mol. The van der Waals surface area contributed by atoms with Gasteiger partial charge in [-0.25, -0.2) is 13.1 Å². The van der Waals surface area contributed by atoms with Crippen LogP contribution in [0.15, 0.2) is 75.1 Å². The lowest BCUT2D eigenvalue weighted by Crippen LogP contribution is -2.20. The Morgan fingerprint density at radius 1 is 1.11 bits per heavy atom. The second kappa shape index (κ2) is 8.64. The zero-order chi connectivity index (χ0) is 20.1. The highest BCUT2D eigenvalue weighted by atomic mass is 32.2. The van der Waals surface area contributed by atoms with E-state index in [1.807, 2.05) is 30.3 Å². The summed E-state index contributed by atoms with van der Waals surface area (Å²) in [6.07, 6.45) is 1.47. The van der Waals surface area contributed by atoms with Crippen LogP contribution in [0.25, 0.3) is 0 Å². The number of thioether (sulfide) groups is 1. The maximum absolute atomic E-state index is 12.6. The molecule has 3 aromatic rings. The summed E-state index contributed by atoms with van der Waals surface area (Å²) in [6.45, 7) is 1.70. The van der Waals surface area contributed by atoms with Gasteiger partial charge in [-0.2, -0.15) is 0 Å². The zero-order valence-corrected chi connectivity index (χ0v) is 17.1. The second-order valence-corrected chi connectivity index (χ2v) is 8.92. The zero-order valence-electron chi connectivity index (χ0n) is 15.4. The summed E-state index contributed by atoms with van der Waals surface area (Å²) in [5, 5.41) is 2.71. The van der Waals surface area contributed by atoms with Gasteiger partial charge in [-0.1, -0.05) is 24.3 Å². The Labute approximate surface area is 168 Å². The number of hydrogen-bond acceptors (Lipinski definition) is 5. The van der Waals surface area contributed by atoms with Crippen LogP contribution in [0, 0.1) is 6.92 Å². The summed E-state index contributed by atoms with van der Waals surface area (Å²) < 4.78 is 31.9. The van der Waals surface area contributed by atoms with Gasteiger partial charge in [-0.3, -0.25) is 4.79 Å². The van der Waals surface area contributed by atoms with E-state index < -0.39 is 15.9 Å². The molecule has 2 aromatic carbocycles. The highest BCUT2D eigenvalue weighted by molar-refractivity contribution is 7.98. The summed E-state index contributed by atoms with van der Waals surface area (Å²) >= 11 is 1.60. The molecular formula is C20H20N2O4S2. The van der Waals surface area contributed by atoms with E-state index in [1.165, 1.54) is 19.4 Å². The number of benzene rings is 2. The molecule has 0 radical (unpaired) electrons. The smallest absolute Gasteiger partial charge is 0.291 e. The Morgan fingerprint density at radius 2 is 1.86 bits per heavy atom. The Balaban J connectivity index is 1.76. The van der Waals surface area contributed by atoms with Crippen molar-refractivity contribution in [3.63, 3.8) is 0 Å². The van der Waals surface area contributed by atoms with Crippen molar-refractivity contribution in [3.8, 4) is 0 Å². The van der Waals surface area contributed by atoms with Crippen molar-refractivity contribution in [2.75, 3.05) is 12.4 Å². The normalized spacial score (nSPS) is 11.4. The van der Waals surface area contributed by atoms with E-state index in [0.717, 1.165) is 10.5 Å². The first-order valence-electron chi connectivity index (χ1n) is 8.50. The fourth-order valence-corrected chi connectivity index (χ4v) is 4.48. The standard InChI is InChI=1S/C20H20N2O4S2/c1-14-8-9-16(12-18(14)28(24,25)21-2)22-20(23)19-15(10-11-26-19)13-27-17-6-4-3-5-7-17/h3-12,21H,13H2,1-2H3,(H,22,23). The van der Waals surface area contributed by atoms with Gasteiger partial charge >= 0.3 is 0 Å². The molecule has 1 heterocycles. The molecule has 0 saturated heterocycles. The van der Waals surface area contributed by atoms with Crippen molar-refractivity contribution in [1.82, 2.24) is 4.72 Å². The molecule has 6 nitrogen and oxygen atoms in total. The fourth-order valence-electron chi connectivity index (χ4n) is 2.59. The molecule has 1 aromatic heterocycles. The Morgan fingerprint density at radius 3 is 2.57 bits per heavy atom. The molecule has 3 rings (SSSR count). The molecule has 0 bridgehead atoms. The number of sulfonamides is 1. The number of aryl methyl sites for hydroxylation is 1. The molecule has 8 heteroatoms. The predicted molar refractivity (Wildman–Crippen MR) is 110 cm³/mol. The summed E-state index contributed by atoms with van der Waals surface area (Å²) in [5.41, 5.74) is 1.73. The first kappa shape index (κ1) is 20.2. The average Bonchev–Trinajstić information content (AvgIpc) is 3.17. The van der Waals surface area contributed by atoms with Crippen LogP contribution < -0.4 is 10.0 Å². The second-order valence-electron chi connectivity index (χ2n) is 6.02.